The van der Waals surface area contributed by atoms with Crippen LogP contribution in [0, 0.1) is 5.41 Å². The van der Waals surface area contributed by atoms with Gasteiger partial charge in [-0.1, -0.05) is 27.7 Å². The van der Waals surface area contributed by atoms with E-state index in [-0.39, 0.29) is 5.41 Å². The van der Waals surface area contributed by atoms with E-state index in [0.29, 0.717) is 6.04 Å². The van der Waals surface area contributed by atoms with Crippen molar-refractivity contribution in [1.29, 1.82) is 0 Å². The Morgan fingerprint density at radius 1 is 1.24 bits per heavy atom. The van der Waals surface area contributed by atoms with Crippen molar-refractivity contribution in [3.63, 3.8) is 0 Å². The van der Waals surface area contributed by atoms with Crippen LogP contribution in [0.15, 0.2) is 12.4 Å². The molecule has 0 spiro atoms. The first-order valence-electron chi connectivity index (χ1n) is 6.26. The number of nitrogens with zero attached hydrogens (tertiary/aromatic N) is 2. The van der Waals surface area contributed by atoms with E-state index >= 15 is 0 Å². The highest BCUT2D eigenvalue weighted by molar-refractivity contribution is 5.46. The number of aromatic nitrogens is 2. The molecule has 1 aromatic rings. The van der Waals surface area contributed by atoms with Crippen LogP contribution in [0.5, 0.6) is 0 Å². The van der Waals surface area contributed by atoms with Crippen molar-refractivity contribution in [2.24, 2.45) is 5.41 Å². The highest BCUT2D eigenvalue weighted by Gasteiger charge is 2.19. The van der Waals surface area contributed by atoms with Crippen molar-refractivity contribution in [3.8, 4) is 0 Å². The van der Waals surface area contributed by atoms with Crippen LogP contribution in [0.25, 0.3) is 0 Å². The quantitative estimate of drug-likeness (QED) is 0.824. The smallest absolute Gasteiger partial charge is 0.131 e. The zero-order valence-electron chi connectivity index (χ0n) is 11.5. The molecule has 0 saturated carbocycles. The molecule has 0 aliphatic carbocycles. The van der Waals surface area contributed by atoms with Crippen molar-refractivity contribution < 1.29 is 0 Å². The molecule has 1 heterocycles. The largest absolute Gasteiger partial charge is 0.370 e. The van der Waals surface area contributed by atoms with Crippen LogP contribution in [-0.2, 0) is 0 Å². The molecular formula is C13H24N4. The summed E-state index contributed by atoms with van der Waals surface area (Å²) >= 11 is 0. The van der Waals surface area contributed by atoms with E-state index in [1.165, 1.54) is 0 Å². The van der Waals surface area contributed by atoms with Gasteiger partial charge in [-0.15, -0.1) is 0 Å². The Kier molecular flexibility index (Phi) is 4.73. The fraction of sp³-hybridized carbons (Fsp3) is 0.692. The standard InChI is InChI=1S/C13H24N4/c1-6-7-14-11-8-12(16-9-15-11)17-10(2)13(3,4)5/h8-10H,6-7H2,1-5H3,(H2,14,15,16,17). The van der Waals surface area contributed by atoms with Crippen molar-refractivity contribution >= 4 is 11.6 Å². The zero-order chi connectivity index (χ0) is 12.9. The molecule has 0 saturated heterocycles. The van der Waals surface area contributed by atoms with Crippen LogP contribution < -0.4 is 10.6 Å². The number of rotatable bonds is 5. The monoisotopic (exact) mass is 236 g/mol. The molecule has 96 valence electrons. The average Bonchev–Trinajstić information content (AvgIpc) is 2.25. The van der Waals surface area contributed by atoms with E-state index < -0.39 is 0 Å². The van der Waals surface area contributed by atoms with E-state index in [1.807, 2.05) is 6.07 Å². The van der Waals surface area contributed by atoms with E-state index in [2.05, 4.69) is 55.2 Å². The summed E-state index contributed by atoms with van der Waals surface area (Å²) in [6.45, 7) is 11.9. The summed E-state index contributed by atoms with van der Waals surface area (Å²) in [7, 11) is 0. The predicted octanol–water partition coefficient (Wildman–Crippen LogP) is 3.15. The van der Waals surface area contributed by atoms with E-state index in [4.69, 9.17) is 0 Å². The van der Waals surface area contributed by atoms with Gasteiger partial charge in [-0.3, -0.25) is 0 Å². The first kappa shape index (κ1) is 13.7. The van der Waals surface area contributed by atoms with Gasteiger partial charge in [0.25, 0.3) is 0 Å². The lowest BCUT2D eigenvalue weighted by atomic mass is 9.88. The lowest BCUT2D eigenvalue weighted by molar-refractivity contribution is 0.358. The number of hydrogen-bond acceptors (Lipinski definition) is 4. The minimum Gasteiger partial charge on any atom is -0.370 e. The van der Waals surface area contributed by atoms with Gasteiger partial charge in [0, 0.05) is 18.7 Å². The summed E-state index contributed by atoms with van der Waals surface area (Å²) in [5, 5.41) is 6.66. The van der Waals surface area contributed by atoms with Gasteiger partial charge in [0.2, 0.25) is 0 Å². The number of hydrogen-bond donors (Lipinski definition) is 2. The van der Waals surface area contributed by atoms with Gasteiger partial charge in [-0.2, -0.15) is 0 Å². The molecule has 2 N–H and O–H groups in total. The third-order valence-electron chi connectivity index (χ3n) is 2.89. The van der Waals surface area contributed by atoms with Crippen LogP contribution in [0.2, 0.25) is 0 Å². The van der Waals surface area contributed by atoms with Gasteiger partial charge >= 0.3 is 0 Å². The molecule has 1 rings (SSSR count). The van der Waals surface area contributed by atoms with Crippen LogP contribution in [0.3, 0.4) is 0 Å². The zero-order valence-corrected chi connectivity index (χ0v) is 11.5. The first-order chi connectivity index (χ1) is 7.93. The molecule has 0 bridgehead atoms. The van der Waals surface area contributed by atoms with Gasteiger partial charge in [0.1, 0.15) is 18.0 Å². The van der Waals surface area contributed by atoms with Crippen LogP contribution >= 0.6 is 0 Å². The minimum absolute atomic E-state index is 0.210. The summed E-state index contributed by atoms with van der Waals surface area (Å²) in [5.41, 5.74) is 0.210. The molecule has 0 amide bonds. The third-order valence-corrected chi connectivity index (χ3v) is 2.89. The minimum atomic E-state index is 0.210. The Balaban J connectivity index is 2.65. The predicted molar refractivity (Wildman–Crippen MR) is 73.4 cm³/mol. The van der Waals surface area contributed by atoms with Crippen molar-refractivity contribution in [1.82, 2.24) is 9.97 Å². The summed E-state index contributed by atoms with van der Waals surface area (Å²) in [4.78, 5) is 8.42. The normalized spacial score (nSPS) is 13.2. The summed E-state index contributed by atoms with van der Waals surface area (Å²) in [5.74, 6) is 1.76. The van der Waals surface area contributed by atoms with E-state index in [9.17, 15) is 0 Å². The molecule has 4 heteroatoms. The Bertz CT molecular complexity index is 344. The van der Waals surface area contributed by atoms with Gasteiger partial charge in [0.15, 0.2) is 0 Å². The maximum absolute atomic E-state index is 4.24. The van der Waals surface area contributed by atoms with Crippen molar-refractivity contribution in [2.45, 2.75) is 47.1 Å². The highest BCUT2D eigenvalue weighted by atomic mass is 15.1. The second-order valence-corrected chi connectivity index (χ2v) is 5.45. The fourth-order valence-corrected chi connectivity index (χ4v) is 1.22. The molecule has 4 nitrogen and oxygen atoms in total. The van der Waals surface area contributed by atoms with Crippen LogP contribution in [0.4, 0.5) is 11.6 Å². The third kappa shape index (κ3) is 4.59. The number of anilines is 2. The molecule has 1 aromatic heterocycles. The molecule has 0 aliphatic rings. The summed E-state index contributed by atoms with van der Waals surface area (Å²) < 4.78 is 0. The molecule has 1 unspecified atom stereocenters. The van der Waals surface area contributed by atoms with Gasteiger partial charge in [-0.05, 0) is 18.8 Å². The molecule has 0 fully saturated rings. The lowest BCUT2D eigenvalue weighted by Crippen LogP contribution is -2.31. The first-order valence-corrected chi connectivity index (χ1v) is 6.26. The second-order valence-electron chi connectivity index (χ2n) is 5.45. The maximum atomic E-state index is 4.24. The lowest BCUT2D eigenvalue weighted by Gasteiger charge is -2.28. The Hall–Kier alpha value is -1.32. The molecule has 0 radical (unpaired) electrons. The summed E-state index contributed by atoms with van der Waals surface area (Å²) in [6, 6.07) is 2.31. The molecular weight excluding hydrogens is 212 g/mol. The van der Waals surface area contributed by atoms with E-state index in [0.717, 1.165) is 24.6 Å². The number of nitrogens with one attached hydrogen (secondary N) is 2. The Morgan fingerprint density at radius 2 is 1.88 bits per heavy atom. The van der Waals surface area contributed by atoms with E-state index in [1.54, 1.807) is 6.33 Å². The van der Waals surface area contributed by atoms with Gasteiger partial charge < -0.3 is 10.6 Å². The summed E-state index contributed by atoms with van der Waals surface area (Å²) in [6.07, 6.45) is 2.68. The van der Waals surface area contributed by atoms with Crippen molar-refractivity contribution in [3.05, 3.63) is 12.4 Å². The second kappa shape index (κ2) is 5.84. The van der Waals surface area contributed by atoms with Gasteiger partial charge in [0.05, 0.1) is 0 Å². The molecule has 17 heavy (non-hydrogen) atoms. The molecule has 0 aliphatic heterocycles. The molecule has 1 atom stereocenters. The fourth-order valence-electron chi connectivity index (χ4n) is 1.22. The molecule has 0 aromatic carbocycles. The average molecular weight is 236 g/mol. The van der Waals surface area contributed by atoms with Crippen LogP contribution in [0.1, 0.15) is 41.0 Å². The van der Waals surface area contributed by atoms with Gasteiger partial charge in [-0.25, -0.2) is 9.97 Å². The topological polar surface area (TPSA) is 49.8 Å². The Labute approximate surface area is 104 Å². The maximum Gasteiger partial charge on any atom is 0.131 e. The van der Waals surface area contributed by atoms with Crippen LogP contribution in [-0.4, -0.2) is 22.6 Å². The highest BCUT2D eigenvalue weighted by Crippen LogP contribution is 2.22. The Morgan fingerprint density at radius 3 is 2.47 bits per heavy atom. The SMILES string of the molecule is CCCNc1cc(NC(C)C(C)(C)C)ncn1. The van der Waals surface area contributed by atoms with Crippen molar-refractivity contribution in [2.75, 3.05) is 17.2 Å².